The molecular formula is C17H26NO4Si. The van der Waals surface area contributed by atoms with Crippen LogP contribution in [0, 0.1) is 5.41 Å². The molecule has 127 valence electrons. The third-order valence-electron chi connectivity index (χ3n) is 3.50. The Kier molecular flexibility index (Phi) is 5.36. The summed E-state index contributed by atoms with van der Waals surface area (Å²) in [4.78, 5) is 12.5. The Balaban J connectivity index is 2.26. The number of methoxy groups -OCH3 is 1. The van der Waals surface area contributed by atoms with E-state index in [2.05, 4.69) is 39.2 Å². The third kappa shape index (κ3) is 4.72. The van der Waals surface area contributed by atoms with Gasteiger partial charge in [-0.1, -0.05) is 20.8 Å². The second-order valence-corrected chi connectivity index (χ2v) is 9.27. The zero-order valence-electron chi connectivity index (χ0n) is 14.7. The molecule has 1 aliphatic heterocycles. The van der Waals surface area contributed by atoms with E-state index in [4.69, 9.17) is 13.9 Å². The van der Waals surface area contributed by atoms with E-state index in [1.807, 2.05) is 0 Å². The first-order valence-corrected chi connectivity index (χ1v) is 10.2. The van der Waals surface area contributed by atoms with Gasteiger partial charge in [-0.05, 0) is 37.1 Å². The molecule has 0 aliphatic carbocycles. The highest BCUT2D eigenvalue weighted by atomic mass is 28.3. The number of anilines is 1. The highest BCUT2D eigenvalue weighted by Gasteiger charge is 2.38. The maximum absolute atomic E-state index is 12.5. The van der Waals surface area contributed by atoms with E-state index >= 15 is 0 Å². The Labute approximate surface area is 140 Å². The number of carbonyl (C=O) groups is 1. The number of fused-ring (bicyclic) bond motifs is 1. The number of rotatable bonds is 5. The SMILES string of the molecule is COc1ccc2c(c1)OC(C(CC(C)(C)C)O[Si](C)C)C(=O)N2. The summed E-state index contributed by atoms with van der Waals surface area (Å²) in [5.74, 6) is 1.17. The molecular weight excluding hydrogens is 310 g/mol. The number of amides is 1. The lowest BCUT2D eigenvalue weighted by molar-refractivity contribution is -0.128. The van der Waals surface area contributed by atoms with Crippen LogP contribution >= 0.6 is 0 Å². The lowest BCUT2D eigenvalue weighted by Crippen LogP contribution is -2.49. The molecule has 0 aromatic heterocycles. The van der Waals surface area contributed by atoms with Gasteiger partial charge in [-0.25, -0.2) is 0 Å². The predicted octanol–water partition coefficient (Wildman–Crippen LogP) is 3.47. The maximum atomic E-state index is 12.5. The van der Waals surface area contributed by atoms with Gasteiger partial charge >= 0.3 is 0 Å². The molecule has 23 heavy (non-hydrogen) atoms. The molecule has 1 N–H and O–H groups in total. The Morgan fingerprint density at radius 1 is 1.35 bits per heavy atom. The molecule has 0 saturated carbocycles. The van der Waals surface area contributed by atoms with Gasteiger partial charge in [0.1, 0.15) is 11.5 Å². The average Bonchev–Trinajstić information content (AvgIpc) is 2.43. The number of benzene rings is 1. The van der Waals surface area contributed by atoms with Crippen molar-refractivity contribution in [2.75, 3.05) is 12.4 Å². The fraction of sp³-hybridized carbons (Fsp3) is 0.588. The second-order valence-electron chi connectivity index (χ2n) is 7.22. The highest BCUT2D eigenvalue weighted by molar-refractivity contribution is 6.48. The van der Waals surface area contributed by atoms with Gasteiger partial charge in [0.15, 0.2) is 0 Å². The molecule has 1 radical (unpaired) electrons. The molecule has 1 amide bonds. The Bertz CT molecular complexity index is 568. The van der Waals surface area contributed by atoms with Crippen molar-refractivity contribution in [3.63, 3.8) is 0 Å². The van der Waals surface area contributed by atoms with Gasteiger partial charge in [0, 0.05) is 6.07 Å². The summed E-state index contributed by atoms with van der Waals surface area (Å²) in [6.07, 6.45) is -0.160. The molecule has 1 heterocycles. The Morgan fingerprint density at radius 3 is 2.61 bits per heavy atom. The smallest absolute Gasteiger partial charge is 0.268 e. The lowest BCUT2D eigenvalue weighted by Gasteiger charge is -2.35. The van der Waals surface area contributed by atoms with Crippen LogP contribution in [0.4, 0.5) is 5.69 Å². The Hall–Kier alpha value is -1.53. The van der Waals surface area contributed by atoms with Crippen molar-refractivity contribution in [2.24, 2.45) is 5.41 Å². The highest BCUT2D eigenvalue weighted by Crippen LogP contribution is 2.36. The normalized spacial score (nSPS) is 18.9. The second kappa shape index (κ2) is 6.92. The first-order chi connectivity index (χ1) is 10.7. The third-order valence-corrected chi connectivity index (χ3v) is 4.27. The molecule has 2 rings (SSSR count). The number of nitrogens with one attached hydrogen (secondary N) is 1. The topological polar surface area (TPSA) is 56.8 Å². The minimum Gasteiger partial charge on any atom is -0.497 e. The molecule has 1 aromatic rings. The van der Waals surface area contributed by atoms with E-state index in [9.17, 15) is 4.79 Å². The van der Waals surface area contributed by atoms with E-state index in [1.165, 1.54) is 0 Å². The molecule has 0 saturated heterocycles. The van der Waals surface area contributed by atoms with E-state index in [-0.39, 0.29) is 17.4 Å². The molecule has 2 unspecified atom stereocenters. The van der Waals surface area contributed by atoms with Gasteiger partial charge < -0.3 is 19.2 Å². The molecule has 1 aromatic carbocycles. The van der Waals surface area contributed by atoms with Crippen molar-refractivity contribution < 1.29 is 18.7 Å². The van der Waals surface area contributed by atoms with Crippen molar-refractivity contribution in [1.29, 1.82) is 0 Å². The molecule has 0 spiro atoms. The van der Waals surface area contributed by atoms with Crippen LogP contribution in [0.5, 0.6) is 11.5 Å². The molecule has 1 aliphatic rings. The minimum absolute atomic E-state index is 0.0419. The summed E-state index contributed by atoms with van der Waals surface area (Å²) in [5, 5.41) is 2.91. The summed E-state index contributed by atoms with van der Waals surface area (Å²) in [7, 11) is 0.656. The lowest BCUT2D eigenvalue weighted by atomic mass is 9.87. The van der Waals surface area contributed by atoms with Crippen molar-refractivity contribution in [2.45, 2.75) is 52.5 Å². The average molecular weight is 336 g/mol. The largest absolute Gasteiger partial charge is 0.497 e. The van der Waals surface area contributed by atoms with Crippen LogP contribution in [0.1, 0.15) is 27.2 Å². The number of hydrogen-bond donors (Lipinski definition) is 1. The summed E-state index contributed by atoms with van der Waals surface area (Å²) in [6, 6.07) is 5.38. The number of carbonyl (C=O) groups excluding carboxylic acids is 1. The maximum Gasteiger partial charge on any atom is 0.268 e. The summed E-state index contributed by atoms with van der Waals surface area (Å²) < 4.78 is 17.3. The molecule has 0 fully saturated rings. The molecule has 2 atom stereocenters. The van der Waals surface area contributed by atoms with Gasteiger partial charge in [-0.2, -0.15) is 0 Å². The van der Waals surface area contributed by atoms with Gasteiger partial charge in [-0.3, -0.25) is 4.79 Å². The summed E-state index contributed by atoms with van der Waals surface area (Å²) in [6.45, 7) is 10.5. The molecule has 6 heteroatoms. The van der Waals surface area contributed by atoms with Crippen LogP contribution < -0.4 is 14.8 Å². The standard InChI is InChI=1S/C17H26NO4Si/c1-17(2,3)10-14(22-23(5)6)15-16(19)18-12-8-7-11(20-4)9-13(12)21-15/h7-9,14-15H,10H2,1-6H3,(H,18,19). The molecule has 0 bridgehead atoms. The Morgan fingerprint density at radius 2 is 2.04 bits per heavy atom. The van der Waals surface area contributed by atoms with Crippen LogP contribution in [-0.4, -0.2) is 34.3 Å². The van der Waals surface area contributed by atoms with Crippen molar-refractivity contribution in [1.82, 2.24) is 0 Å². The zero-order valence-corrected chi connectivity index (χ0v) is 15.7. The number of hydrogen-bond acceptors (Lipinski definition) is 4. The first-order valence-electron chi connectivity index (χ1n) is 7.82. The summed E-state index contributed by atoms with van der Waals surface area (Å²) >= 11 is 0. The van der Waals surface area contributed by atoms with Gasteiger partial charge in [-0.15, -0.1) is 0 Å². The van der Waals surface area contributed by atoms with Crippen LogP contribution in [-0.2, 0) is 9.22 Å². The van der Waals surface area contributed by atoms with E-state index < -0.39 is 15.1 Å². The van der Waals surface area contributed by atoms with E-state index in [1.54, 1.807) is 25.3 Å². The van der Waals surface area contributed by atoms with Crippen LogP contribution in [0.25, 0.3) is 0 Å². The van der Waals surface area contributed by atoms with Crippen LogP contribution in [0.2, 0.25) is 13.1 Å². The van der Waals surface area contributed by atoms with E-state index in [0.717, 1.165) is 6.42 Å². The van der Waals surface area contributed by atoms with Crippen molar-refractivity contribution >= 4 is 20.6 Å². The number of ether oxygens (including phenoxy) is 2. The first kappa shape index (κ1) is 17.8. The van der Waals surface area contributed by atoms with Crippen molar-refractivity contribution in [3.05, 3.63) is 18.2 Å². The summed E-state index contributed by atoms with van der Waals surface area (Å²) in [5.41, 5.74) is 0.709. The predicted molar refractivity (Wildman–Crippen MR) is 92.5 cm³/mol. The minimum atomic E-state index is -0.950. The van der Waals surface area contributed by atoms with Crippen LogP contribution in [0.3, 0.4) is 0 Å². The fourth-order valence-corrected chi connectivity index (χ4v) is 3.40. The van der Waals surface area contributed by atoms with E-state index in [0.29, 0.717) is 17.2 Å². The molecule has 5 nitrogen and oxygen atoms in total. The zero-order chi connectivity index (χ0) is 17.2. The fourth-order valence-electron chi connectivity index (χ4n) is 2.59. The van der Waals surface area contributed by atoms with Crippen molar-refractivity contribution in [3.8, 4) is 11.5 Å². The van der Waals surface area contributed by atoms with Gasteiger partial charge in [0.05, 0.1) is 18.9 Å². The van der Waals surface area contributed by atoms with Gasteiger partial charge in [0.2, 0.25) is 15.1 Å². The quantitative estimate of drug-likeness (QED) is 0.837. The van der Waals surface area contributed by atoms with Gasteiger partial charge in [0.25, 0.3) is 5.91 Å². The van der Waals surface area contributed by atoms with Crippen LogP contribution in [0.15, 0.2) is 18.2 Å². The monoisotopic (exact) mass is 336 g/mol.